The number of imidazole rings is 1. The fraction of sp³-hybridized carbons (Fsp3) is 0.667. The highest BCUT2D eigenvalue weighted by atomic mass is 16.2. The van der Waals surface area contributed by atoms with Gasteiger partial charge in [0, 0.05) is 19.4 Å². The van der Waals surface area contributed by atoms with Gasteiger partial charge in [0.05, 0.1) is 6.54 Å². The number of carbonyl (C=O) groups is 2. The molecular weight excluding hydrogens is 268 g/mol. The van der Waals surface area contributed by atoms with Crippen LogP contribution in [-0.4, -0.2) is 37.8 Å². The second kappa shape index (κ2) is 5.50. The molecule has 0 aliphatic carbocycles. The second-order valence-corrected chi connectivity index (χ2v) is 6.25. The standard InChI is InChI=1S/C15H24N4O2/c1-6-15(4)14(21)19(9-11-16-7-8-18(11)5)12(10(2)3)13(20)17-15/h7-8,10,12H,6,9H2,1-5H3,(H,17,20). The van der Waals surface area contributed by atoms with Crippen LogP contribution in [-0.2, 0) is 23.2 Å². The zero-order chi connectivity index (χ0) is 15.8. The third-order valence-electron chi connectivity index (χ3n) is 4.31. The monoisotopic (exact) mass is 292 g/mol. The number of carbonyl (C=O) groups excluding carboxylic acids is 2. The Kier molecular flexibility index (Phi) is 4.07. The molecule has 1 N–H and O–H groups in total. The number of nitrogens with zero attached hydrogens (tertiary/aromatic N) is 3. The van der Waals surface area contributed by atoms with Gasteiger partial charge < -0.3 is 14.8 Å². The predicted molar refractivity (Wildman–Crippen MR) is 79.2 cm³/mol. The predicted octanol–water partition coefficient (Wildman–Crippen LogP) is 1.07. The molecule has 1 aromatic heterocycles. The van der Waals surface area contributed by atoms with Crippen LogP contribution in [0.2, 0.25) is 0 Å². The minimum atomic E-state index is -0.826. The van der Waals surface area contributed by atoms with E-state index in [0.29, 0.717) is 13.0 Å². The first-order chi connectivity index (χ1) is 9.80. The van der Waals surface area contributed by atoms with Gasteiger partial charge >= 0.3 is 0 Å². The first kappa shape index (κ1) is 15.5. The Bertz CT molecular complexity index is 552. The normalized spacial score (nSPS) is 26.4. The molecule has 0 spiro atoms. The maximum absolute atomic E-state index is 12.9. The molecular formula is C15H24N4O2. The van der Waals surface area contributed by atoms with E-state index in [4.69, 9.17) is 0 Å². The molecule has 1 fully saturated rings. The zero-order valence-corrected chi connectivity index (χ0v) is 13.4. The molecule has 1 aliphatic heterocycles. The largest absolute Gasteiger partial charge is 0.340 e. The minimum absolute atomic E-state index is 0.0358. The van der Waals surface area contributed by atoms with E-state index in [1.807, 2.05) is 38.6 Å². The molecule has 2 rings (SSSR count). The fourth-order valence-corrected chi connectivity index (χ4v) is 2.76. The molecule has 6 heteroatoms. The number of rotatable bonds is 4. The van der Waals surface area contributed by atoms with Gasteiger partial charge in [-0.1, -0.05) is 20.8 Å². The average Bonchev–Trinajstić information content (AvgIpc) is 2.80. The molecule has 1 saturated heterocycles. The van der Waals surface area contributed by atoms with Crippen LogP contribution in [0.4, 0.5) is 0 Å². The van der Waals surface area contributed by atoms with Crippen molar-refractivity contribution in [3.8, 4) is 0 Å². The number of aryl methyl sites for hydroxylation is 1. The summed E-state index contributed by atoms with van der Waals surface area (Å²) in [7, 11) is 1.89. The van der Waals surface area contributed by atoms with Crippen LogP contribution in [0.15, 0.2) is 12.4 Å². The lowest BCUT2D eigenvalue weighted by Gasteiger charge is -2.45. The first-order valence-electron chi connectivity index (χ1n) is 7.39. The molecule has 2 unspecified atom stereocenters. The molecule has 0 saturated carbocycles. The lowest BCUT2D eigenvalue weighted by molar-refractivity contribution is -0.157. The van der Waals surface area contributed by atoms with Gasteiger partial charge in [0.1, 0.15) is 17.4 Å². The van der Waals surface area contributed by atoms with Crippen LogP contribution >= 0.6 is 0 Å². The van der Waals surface area contributed by atoms with Crippen molar-refractivity contribution in [3.05, 3.63) is 18.2 Å². The van der Waals surface area contributed by atoms with Gasteiger partial charge in [-0.15, -0.1) is 0 Å². The molecule has 0 radical (unpaired) electrons. The number of nitrogens with one attached hydrogen (secondary N) is 1. The fourth-order valence-electron chi connectivity index (χ4n) is 2.76. The summed E-state index contributed by atoms with van der Waals surface area (Å²) in [4.78, 5) is 31.2. The molecule has 2 amide bonds. The molecule has 1 aliphatic rings. The summed E-state index contributed by atoms with van der Waals surface area (Å²) in [5.41, 5.74) is -0.826. The van der Waals surface area contributed by atoms with Crippen molar-refractivity contribution in [1.29, 1.82) is 0 Å². The van der Waals surface area contributed by atoms with Gasteiger partial charge in [-0.2, -0.15) is 0 Å². The van der Waals surface area contributed by atoms with Crippen molar-refractivity contribution in [2.24, 2.45) is 13.0 Å². The smallest absolute Gasteiger partial charge is 0.249 e. The summed E-state index contributed by atoms with van der Waals surface area (Å²) >= 11 is 0. The van der Waals surface area contributed by atoms with Crippen LogP contribution in [0.1, 0.15) is 39.9 Å². The molecule has 0 aromatic carbocycles. The SMILES string of the molecule is CCC1(C)NC(=O)C(C(C)C)N(Cc2nccn2C)C1=O. The Balaban J connectivity index is 2.37. The van der Waals surface area contributed by atoms with Gasteiger partial charge in [-0.3, -0.25) is 9.59 Å². The molecule has 0 bridgehead atoms. The molecule has 2 heterocycles. The number of hydrogen-bond acceptors (Lipinski definition) is 3. The van der Waals surface area contributed by atoms with Gasteiger partial charge in [-0.05, 0) is 19.3 Å². The molecule has 2 atom stereocenters. The van der Waals surface area contributed by atoms with Gasteiger partial charge in [0.25, 0.3) is 0 Å². The van der Waals surface area contributed by atoms with Crippen LogP contribution in [0.25, 0.3) is 0 Å². The summed E-state index contributed by atoms with van der Waals surface area (Å²) in [6.45, 7) is 7.96. The Morgan fingerprint density at radius 3 is 2.57 bits per heavy atom. The first-order valence-corrected chi connectivity index (χ1v) is 7.39. The number of amides is 2. The van der Waals surface area contributed by atoms with Crippen LogP contribution < -0.4 is 5.32 Å². The highest BCUT2D eigenvalue weighted by molar-refractivity contribution is 5.99. The van der Waals surface area contributed by atoms with E-state index in [0.717, 1.165) is 5.82 Å². The average molecular weight is 292 g/mol. The van der Waals surface area contributed by atoms with Crippen molar-refractivity contribution in [2.75, 3.05) is 0 Å². The topological polar surface area (TPSA) is 67.2 Å². The van der Waals surface area contributed by atoms with E-state index in [1.54, 1.807) is 18.0 Å². The molecule has 6 nitrogen and oxygen atoms in total. The van der Waals surface area contributed by atoms with E-state index >= 15 is 0 Å². The Labute approximate surface area is 125 Å². The lowest BCUT2D eigenvalue weighted by Crippen LogP contribution is -2.69. The Morgan fingerprint density at radius 2 is 2.10 bits per heavy atom. The number of aromatic nitrogens is 2. The third kappa shape index (κ3) is 2.66. The van der Waals surface area contributed by atoms with Crippen molar-refractivity contribution >= 4 is 11.8 Å². The van der Waals surface area contributed by atoms with E-state index in [1.165, 1.54) is 0 Å². The summed E-state index contributed by atoms with van der Waals surface area (Å²) < 4.78 is 1.88. The number of hydrogen-bond donors (Lipinski definition) is 1. The van der Waals surface area contributed by atoms with Crippen LogP contribution in [0, 0.1) is 5.92 Å². The van der Waals surface area contributed by atoms with Crippen LogP contribution in [0.5, 0.6) is 0 Å². The summed E-state index contributed by atoms with van der Waals surface area (Å²) in [6.07, 6.45) is 4.11. The van der Waals surface area contributed by atoms with Crippen molar-refractivity contribution in [2.45, 2.75) is 52.2 Å². The Hall–Kier alpha value is -1.85. The Morgan fingerprint density at radius 1 is 1.43 bits per heavy atom. The quantitative estimate of drug-likeness (QED) is 0.902. The van der Waals surface area contributed by atoms with E-state index in [9.17, 15) is 9.59 Å². The summed E-state index contributed by atoms with van der Waals surface area (Å²) in [5, 5.41) is 2.89. The molecule has 116 valence electrons. The van der Waals surface area contributed by atoms with Gasteiger partial charge in [0.15, 0.2) is 0 Å². The van der Waals surface area contributed by atoms with E-state index in [2.05, 4.69) is 10.3 Å². The van der Waals surface area contributed by atoms with E-state index in [-0.39, 0.29) is 17.7 Å². The van der Waals surface area contributed by atoms with Gasteiger partial charge in [0.2, 0.25) is 11.8 Å². The maximum Gasteiger partial charge on any atom is 0.249 e. The molecule has 21 heavy (non-hydrogen) atoms. The highest BCUT2D eigenvalue weighted by Crippen LogP contribution is 2.26. The second-order valence-electron chi connectivity index (χ2n) is 6.25. The van der Waals surface area contributed by atoms with Crippen molar-refractivity contribution in [3.63, 3.8) is 0 Å². The summed E-state index contributed by atoms with van der Waals surface area (Å²) in [5.74, 6) is 0.715. The zero-order valence-electron chi connectivity index (χ0n) is 13.4. The van der Waals surface area contributed by atoms with Crippen molar-refractivity contribution < 1.29 is 9.59 Å². The summed E-state index contributed by atoms with van der Waals surface area (Å²) in [6, 6.07) is -0.450. The lowest BCUT2D eigenvalue weighted by atomic mass is 9.88. The highest BCUT2D eigenvalue weighted by Gasteiger charge is 2.48. The minimum Gasteiger partial charge on any atom is -0.340 e. The maximum atomic E-state index is 12.9. The van der Waals surface area contributed by atoms with E-state index < -0.39 is 11.6 Å². The van der Waals surface area contributed by atoms with Crippen LogP contribution in [0.3, 0.4) is 0 Å². The van der Waals surface area contributed by atoms with Gasteiger partial charge in [-0.25, -0.2) is 4.98 Å². The molecule has 1 aromatic rings. The van der Waals surface area contributed by atoms with Crippen molar-refractivity contribution in [1.82, 2.24) is 19.8 Å². The number of piperazine rings is 1. The third-order valence-corrected chi connectivity index (χ3v) is 4.31.